The summed E-state index contributed by atoms with van der Waals surface area (Å²) in [6.07, 6.45) is 1.67. The molecule has 1 heterocycles. The first-order chi connectivity index (χ1) is 11.3. The fourth-order valence-corrected chi connectivity index (χ4v) is 2.66. The summed E-state index contributed by atoms with van der Waals surface area (Å²) < 4.78 is 39.7. The van der Waals surface area contributed by atoms with E-state index in [0.717, 1.165) is 16.9 Å². The van der Waals surface area contributed by atoms with Crippen LogP contribution in [0.5, 0.6) is 0 Å². The van der Waals surface area contributed by atoms with E-state index in [1.165, 1.54) is 11.5 Å². The largest absolute Gasteiger partial charge is 0.397 e. The van der Waals surface area contributed by atoms with Crippen LogP contribution in [0.4, 0.5) is 16.5 Å². The van der Waals surface area contributed by atoms with E-state index in [0.29, 0.717) is 11.7 Å². The second kappa shape index (κ2) is 7.75. The molecule has 0 amide bonds. The van der Waals surface area contributed by atoms with E-state index in [1.807, 2.05) is 37.1 Å². The van der Waals surface area contributed by atoms with Crippen molar-refractivity contribution in [2.45, 2.75) is 6.92 Å². The number of azo groups is 1. The van der Waals surface area contributed by atoms with Crippen LogP contribution in [0.2, 0.25) is 0 Å². The highest BCUT2D eigenvalue weighted by Gasteiger charge is 2.10. The standard InChI is InChI=1S/C13H17N5O4S2/c1-10-8-11(17(2)6-7-22-24(19,20)21)4-5-12(10)15-16-13-18(3)9-14-23-13/h4-5,8-9H,6-7H2,1-3H3/p+1. The molecule has 0 atom stereocenters. The van der Waals surface area contributed by atoms with E-state index in [9.17, 15) is 8.42 Å². The van der Waals surface area contributed by atoms with Crippen molar-refractivity contribution < 1.29 is 21.7 Å². The zero-order valence-corrected chi connectivity index (χ0v) is 15.1. The third-order valence-corrected chi connectivity index (χ3v) is 4.38. The molecule has 0 bridgehead atoms. The lowest BCUT2D eigenvalue weighted by Crippen LogP contribution is -2.24. The highest BCUT2D eigenvalue weighted by atomic mass is 32.3. The molecule has 0 saturated carbocycles. The van der Waals surface area contributed by atoms with Crippen molar-refractivity contribution in [1.29, 1.82) is 0 Å². The number of nitrogens with zero attached hydrogens (tertiary/aromatic N) is 5. The molecule has 11 heteroatoms. The molecule has 24 heavy (non-hydrogen) atoms. The van der Waals surface area contributed by atoms with Crippen LogP contribution in [0.25, 0.3) is 0 Å². The van der Waals surface area contributed by atoms with Crippen LogP contribution in [0.3, 0.4) is 0 Å². The number of likely N-dealkylation sites (N-methyl/N-ethyl adjacent to an activating group) is 1. The van der Waals surface area contributed by atoms with Gasteiger partial charge >= 0.3 is 15.5 Å². The van der Waals surface area contributed by atoms with Crippen LogP contribution >= 0.6 is 11.5 Å². The Balaban J connectivity index is 2.03. The van der Waals surface area contributed by atoms with Gasteiger partial charge in [-0.15, -0.1) is 0 Å². The summed E-state index contributed by atoms with van der Waals surface area (Å²) in [6, 6.07) is 5.59. The maximum atomic E-state index is 10.5. The van der Waals surface area contributed by atoms with Crippen LogP contribution in [0.15, 0.2) is 34.8 Å². The Morgan fingerprint density at radius 1 is 1.42 bits per heavy atom. The number of rotatable bonds is 7. The number of anilines is 1. The van der Waals surface area contributed by atoms with Gasteiger partial charge in [0.05, 0.1) is 13.7 Å². The zero-order chi connectivity index (χ0) is 17.7. The molecule has 9 nitrogen and oxygen atoms in total. The Morgan fingerprint density at radius 3 is 2.75 bits per heavy atom. The summed E-state index contributed by atoms with van der Waals surface area (Å²) in [5, 5.41) is 9.08. The number of aromatic nitrogens is 2. The summed E-state index contributed by atoms with van der Waals surface area (Å²) in [7, 11) is -0.773. The Morgan fingerprint density at radius 2 is 2.17 bits per heavy atom. The molecule has 0 aliphatic heterocycles. The fourth-order valence-electron chi connectivity index (χ4n) is 1.84. The van der Waals surface area contributed by atoms with E-state index >= 15 is 0 Å². The smallest absolute Gasteiger partial charge is 0.372 e. The highest BCUT2D eigenvalue weighted by molar-refractivity contribution is 7.80. The number of hydrogen-bond donors (Lipinski definition) is 1. The molecular formula is C13H18N5O4S2+. The molecule has 0 saturated heterocycles. The third-order valence-electron chi connectivity index (χ3n) is 3.18. The molecule has 0 aliphatic carbocycles. The van der Waals surface area contributed by atoms with Crippen molar-refractivity contribution in [3.63, 3.8) is 0 Å². The van der Waals surface area contributed by atoms with E-state index in [-0.39, 0.29) is 6.61 Å². The topological polar surface area (TPSA) is 108 Å². The van der Waals surface area contributed by atoms with Gasteiger partial charge in [-0.25, -0.2) is 8.75 Å². The minimum Gasteiger partial charge on any atom is -0.372 e. The summed E-state index contributed by atoms with van der Waals surface area (Å²) in [5.41, 5.74) is 2.52. The van der Waals surface area contributed by atoms with Gasteiger partial charge in [-0.2, -0.15) is 8.42 Å². The van der Waals surface area contributed by atoms with Crippen molar-refractivity contribution in [1.82, 2.24) is 4.37 Å². The molecule has 130 valence electrons. The molecule has 1 aromatic carbocycles. The molecule has 1 N–H and O–H groups in total. The number of hydrogen-bond acceptors (Lipinski definition) is 8. The van der Waals surface area contributed by atoms with Crippen molar-refractivity contribution >= 4 is 38.4 Å². The predicted molar refractivity (Wildman–Crippen MR) is 89.4 cm³/mol. The first kappa shape index (κ1) is 18.4. The summed E-state index contributed by atoms with van der Waals surface area (Å²) in [4.78, 5) is 1.81. The SMILES string of the molecule is Cc1cc(N(C)CCOS(=O)(=O)O)ccc1N=Nc1snc[n+]1C. The van der Waals surface area contributed by atoms with Crippen LogP contribution in [-0.4, -0.2) is 37.5 Å². The Hall–Kier alpha value is -1.95. The predicted octanol–water partition coefficient (Wildman–Crippen LogP) is 1.95. The molecule has 0 unspecified atom stereocenters. The molecule has 0 aliphatic rings. The first-order valence-electron chi connectivity index (χ1n) is 6.92. The van der Waals surface area contributed by atoms with Crippen LogP contribution in [-0.2, 0) is 21.6 Å². The fraction of sp³-hybridized carbons (Fsp3) is 0.385. The van der Waals surface area contributed by atoms with Crippen molar-refractivity contribution in [2.24, 2.45) is 17.3 Å². The molecule has 0 radical (unpaired) electrons. The quantitative estimate of drug-likeness (QED) is 0.452. The van der Waals surface area contributed by atoms with Gasteiger partial charge in [-0.1, -0.05) is 5.11 Å². The average Bonchev–Trinajstić information content (AvgIpc) is 2.90. The van der Waals surface area contributed by atoms with Gasteiger partial charge in [0.15, 0.2) is 0 Å². The van der Waals surface area contributed by atoms with Crippen LogP contribution in [0.1, 0.15) is 5.56 Å². The Bertz CT molecular complexity index is 835. The summed E-state index contributed by atoms with van der Waals surface area (Å²) >= 11 is 1.25. The zero-order valence-electron chi connectivity index (χ0n) is 13.4. The second-order valence-electron chi connectivity index (χ2n) is 5.05. The minimum atomic E-state index is -4.41. The number of aryl methyl sites for hydroxylation is 2. The van der Waals surface area contributed by atoms with Gasteiger partial charge in [0.2, 0.25) is 6.33 Å². The Kier molecular flexibility index (Phi) is 5.94. The van der Waals surface area contributed by atoms with Crippen molar-refractivity contribution in [2.75, 3.05) is 25.1 Å². The molecule has 0 fully saturated rings. The van der Waals surface area contributed by atoms with Gasteiger partial charge in [0, 0.05) is 24.4 Å². The van der Waals surface area contributed by atoms with Crippen molar-refractivity contribution in [3.05, 3.63) is 30.1 Å². The average molecular weight is 372 g/mol. The lowest BCUT2D eigenvalue weighted by molar-refractivity contribution is -0.656. The number of benzene rings is 1. The minimum absolute atomic E-state index is 0.141. The van der Waals surface area contributed by atoms with Gasteiger partial charge in [0.25, 0.3) is 0 Å². The molecule has 0 spiro atoms. The van der Waals surface area contributed by atoms with Gasteiger partial charge < -0.3 is 4.90 Å². The maximum Gasteiger partial charge on any atom is 0.397 e. The summed E-state index contributed by atoms with van der Waals surface area (Å²) in [6.45, 7) is 2.07. The highest BCUT2D eigenvalue weighted by Crippen LogP contribution is 2.26. The van der Waals surface area contributed by atoms with E-state index < -0.39 is 10.4 Å². The molecule has 2 aromatic rings. The van der Waals surface area contributed by atoms with E-state index in [4.69, 9.17) is 4.55 Å². The lowest BCUT2D eigenvalue weighted by Gasteiger charge is -2.19. The van der Waals surface area contributed by atoms with Gasteiger partial charge in [-0.3, -0.25) is 4.55 Å². The van der Waals surface area contributed by atoms with E-state index in [2.05, 4.69) is 18.8 Å². The normalized spacial score (nSPS) is 12.0. The monoisotopic (exact) mass is 372 g/mol. The molecule has 2 rings (SSSR count). The van der Waals surface area contributed by atoms with Gasteiger partial charge in [0.1, 0.15) is 17.2 Å². The Labute approximate surface area is 144 Å². The van der Waals surface area contributed by atoms with Crippen LogP contribution in [0, 0.1) is 6.92 Å². The molecular weight excluding hydrogens is 354 g/mol. The van der Waals surface area contributed by atoms with E-state index in [1.54, 1.807) is 17.9 Å². The lowest BCUT2D eigenvalue weighted by atomic mass is 10.1. The van der Waals surface area contributed by atoms with Crippen molar-refractivity contribution in [3.8, 4) is 0 Å². The van der Waals surface area contributed by atoms with Gasteiger partial charge in [-0.05, 0) is 35.1 Å². The second-order valence-corrected chi connectivity index (χ2v) is 6.90. The van der Waals surface area contributed by atoms with Crippen LogP contribution < -0.4 is 9.47 Å². The first-order valence-corrected chi connectivity index (χ1v) is 9.06. The third kappa shape index (κ3) is 5.30. The summed E-state index contributed by atoms with van der Waals surface area (Å²) in [5.74, 6) is 0. The molecule has 1 aromatic heterocycles. The maximum absolute atomic E-state index is 10.5.